The molecule has 5 heteroatoms. The number of benzene rings is 1. The van der Waals surface area contributed by atoms with E-state index in [4.69, 9.17) is 11.6 Å². The molecule has 0 unspecified atom stereocenters. The van der Waals surface area contributed by atoms with E-state index in [1.54, 1.807) is 6.20 Å². The van der Waals surface area contributed by atoms with Gasteiger partial charge in [-0.1, -0.05) is 18.0 Å². The highest BCUT2D eigenvalue weighted by Gasteiger charge is 2.25. The van der Waals surface area contributed by atoms with Crippen molar-refractivity contribution in [2.24, 2.45) is 5.92 Å². The molecule has 0 bridgehead atoms. The molecular formula is C15H15ClN2OS. The monoisotopic (exact) mass is 306 g/mol. The van der Waals surface area contributed by atoms with Gasteiger partial charge in [-0.25, -0.2) is 4.98 Å². The van der Waals surface area contributed by atoms with Gasteiger partial charge in [-0.05, 0) is 37.1 Å². The van der Waals surface area contributed by atoms with Gasteiger partial charge in [-0.3, -0.25) is 4.79 Å². The predicted molar refractivity (Wildman–Crippen MR) is 82.6 cm³/mol. The fourth-order valence-electron chi connectivity index (χ4n) is 2.21. The van der Waals surface area contributed by atoms with Crippen molar-refractivity contribution in [1.82, 2.24) is 4.98 Å². The van der Waals surface area contributed by atoms with Crippen LogP contribution in [0.2, 0.25) is 4.47 Å². The zero-order valence-corrected chi connectivity index (χ0v) is 12.5. The number of nitrogens with zero attached hydrogens (tertiary/aromatic N) is 1. The quantitative estimate of drug-likeness (QED) is 0.833. The summed E-state index contributed by atoms with van der Waals surface area (Å²) in [6.45, 7) is 0.695. The lowest BCUT2D eigenvalue weighted by Gasteiger charge is -2.23. The lowest BCUT2D eigenvalue weighted by atomic mass is 9.80. The number of hydrogen-bond donors (Lipinski definition) is 1. The predicted octanol–water partition coefficient (Wildman–Crippen LogP) is 4.39. The number of rotatable bonds is 5. The number of Topliss-reactive ketones (excluding diaryl/α,β-unsaturated/α-hetero) is 1. The Kier molecular flexibility index (Phi) is 4.03. The number of nitrogens with one attached hydrogen (secondary N) is 1. The van der Waals surface area contributed by atoms with Crippen molar-refractivity contribution in [3.63, 3.8) is 0 Å². The van der Waals surface area contributed by atoms with E-state index in [2.05, 4.69) is 10.3 Å². The van der Waals surface area contributed by atoms with Crippen molar-refractivity contribution in [1.29, 1.82) is 0 Å². The van der Waals surface area contributed by atoms with Crippen LogP contribution in [0.15, 0.2) is 30.5 Å². The highest BCUT2D eigenvalue weighted by atomic mass is 35.5. The minimum Gasteiger partial charge on any atom is -0.380 e. The zero-order valence-electron chi connectivity index (χ0n) is 10.9. The number of aromatic nitrogens is 1. The summed E-state index contributed by atoms with van der Waals surface area (Å²) >= 11 is 7.26. The summed E-state index contributed by atoms with van der Waals surface area (Å²) in [5, 5.41) is 3.30. The third-order valence-corrected chi connectivity index (χ3v) is 4.75. The number of ketones is 1. The molecule has 1 aromatic carbocycles. The molecule has 0 aliphatic heterocycles. The molecule has 3 nitrogen and oxygen atoms in total. The van der Waals surface area contributed by atoms with Crippen LogP contribution < -0.4 is 5.32 Å². The Bertz CT molecular complexity index is 605. The molecular weight excluding hydrogens is 292 g/mol. The van der Waals surface area contributed by atoms with Crippen molar-refractivity contribution < 1.29 is 4.79 Å². The smallest absolute Gasteiger partial charge is 0.183 e. The fraction of sp³-hybridized carbons (Fsp3) is 0.333. The Morgan fingerprint density at radius 2 is 2.10 bits per heavy atom. The first-order chi connectivity index (χ1) is 9.72. The molecule has 2 aromatic rings. The number of anilines is 1. The van der Waals surface area contributed by atoms with Gasteiger partial charge in [0.1, 0.15) is 0 Å². The second-order valence-electron chi connectivity index (χ2n) is 5.00. The van der Waals surface area contributed by atoms with Crippen LogP contribution >= 0.6 is 22.9 Å². The minimum atomic E-state index is 0.258. The van der Waals surface area contributed by atoms with E-state index in [1.165, 1.54) is 17.8 Å². The molecule has 104 valence electrons. The van der Waals surface area contributed by atoms with Crippen LogP contribution in [0.4, 0.5) is 5.69 Å². The summed E-state index contributed by atoms with van der Waals surface area (Å²) in [7, 11) is 0. The van der Waals surface area contributed by atoms with Gasteiger partial charge in [-0.15, -0.1) is 11.3 Å². The first-order valence-electron chi connectivity index (χ1n) is 6.71. The molecule has 1 saturated carbocycles. The van der Waals surface area contributed by atoms with Crippen molar-refractivity contribution in [3.8, 4) is 0 Å². The van der Waals surface area contributed by atoms with E-state index >= 15 is 0 Å². The maximum absolute atomic E-state index is 12.1. The Balaban J connectivity index is 1.59. The number of carbonyl (C=O) groups excluding carboxylic acids is 1. The molecule has 0 radical (unpaired) electrons. The number of thiazole rings is 1. The van der Waals surface area contributed by atoms with Gasteiger partial charge in [0.15, 0.2) is 10.3 Å². The molecule has 1 aliphatic rings. The highest BCUT2D eigenvalue weighted by molar-refractivity contribution is 7.15. The minimum absolute atomic E-state index is 0.258. The van der Waals surface area contributed by atoms with Crippen molar-refractivity contribution >= 4 is 34.4 Å². The van der Waals surface area contributed by atoms with Crippen LogP contribution in [-0.2, 0) is 6.54 Å². The second kappa shape index (κ2) is 5.94. The Hall–Kier alpha value is -1.39. The van der Waals surface area contributed by atoms with Crippen LogP contribution in [0, 0.1) is 5.92 Å². The number of hydrogen-bond acceptors (Lipinski definition) is 4. The summed E-state index contributed by atoms with van der Waals surface area (Å²) in [5.74, 6) is 0.546. The van der Waals surface area contributed by atoms with Crippen molar-refractivity contribution in [2.45, 2.75) is 25.8 Å². The SMILES string of the molecule is O=C(c1ccc(NCc2cnc(Cl)s2)cc1)C1CCC1. The normalized spacial score (nSPS) is 14.8. The van der Waals surface area contributed by atoms with Gasteiger partial charge in [-0.2, -0.15) is 0 Å². The molecule has 0 amide bonds. The maximum atomic E-state index is 12.1. The van der Waals surface area contributed by atoms with Crippen LogP contribution in [0.3, 0.4) is 0 Å². The Morgan fingerprint density at radius 3 is 2.65 bits per heavy atom. The first kappa shape index (κ1) is 13.6. The lowest BCUT2D eigenvalue weighted by molar-refractivity contribution is 0.0855. The molecule has 1 N–H and O–H groups in total. The molecule has 1 aliphatic carbocycles. The van der Waals surface area contributed by atoms with Crippen LogP contribution in [-0.4, -0.2) is 10.8 Å². The van der Waals surface area contributed by atoms with E-state index in [-0.39, 0.29) is 11.7 Å². The number of halogens is 1. The molecule has 0 saturated heterocycles. The Labute approximate surface area is 127 Å². The van der Waals surface area contributed by atoms with Gasteiger partial charge >= 0.3 is 0 Å². The van der Waals surface area contributed by atoms with E-state index < -0.39 is 0 Å². The maximum Gasteiger partial charge on any atom is 0.183 e. The topological polar surface area (TPSA) is 42.0 Å². The summed E-state index contributed by atoms with van der Waals surface area (Å²) in [4.78, 5) is 17.2. The van der Waals surface area contributed by atoms with Crippen LogP contribution in [0.5, 0.6) is 0 Å². The average Bonchev–Trinajstić information content (AvgIpc) is 2.81. The molecule has 1 fully saturated rings. The molecule has 0 spiro atoms. The standard InChI is InChI=1S/C15H15ClN2OS/c16-15-18-9-13(20-15)8-17-12-6-4-11(5-7-12)14(19)10-2-1-3-10/h4-7,9-10,17H,1-3,8H2. The van der Waals surface area contributed by atoms with E-state index in [0.717, 1.165) is 29.0 Å². The largest absolute Gasteiger partial charge is 0.380 e. The summed E-state index contributed by atoms with van der Waals surface area (Å²) in [5.41, 5.74) is 1.82. The molecule has 3 rings (SSSR count). The third kappa shape index (κ3) is 3.02. The lowest BCUT2D eigenvalue weighted by Crippen LogP contribution is -2.21. The van der Waals surface area contributed by atoms with Crippen molar-refractivity contribution in [3.05, 3.63) is 45.4 Å². The van der Waals surface area contributed by atoms with E-state index in [0.29, 0.717) is 11.0 Å². The van der Waals surface area contributed by atoms with Crippen LogP contribution in [0.25, 0.3) is 0 Å². The average molecular weight is 307 g/mol. The molecule has 1 heterocycles. The van der Waals surface area contributed by atoms with Gasteiger partial charge in [0.25, 0.3) is 0 Å². The van der Waals surface area contributed by atoms with Gasteiger partial charge in [0.05, 0.1) is 6.54 Å². The second-order valence-corrected chi connectivity index (χ2v) is 6.70. The van der Waals surface area contributed by atoms with Gasteiger partial charge in [0.2, 0.25) is 0 Å². The highest BCUT2D eigenvalue weighted by Crippen LogP contribution is 2.30. The van der Waals surface area contributed by atoms with Gasteiger partial charge in [0, 0.05) is 28.2 Å². The molecule has 1 aromatic heterocycles. The Morgan fingerprint density at radius 1 is 1.35 bits per heavy atom. The summed E-state index contributed by atoms with van der Waals surface area (Å²) < 4.78 is 0.559. The fourth-order valence-corrected chi connectivity index (χ4v) is 3.13. The zero-order chi connectivity index (χ0) is 13.9. The van der Waals surface area contributed by atoms with Crippen LogP contribution in [0.1, 0.15) is 34.5 Å². The van der Waals surface area contributed by atoms with E-state index in [1.807, 2.05) is 24.3 Å². The molecule has 20 heavy (non-hydrogen) atoms. The van der Waals surface area contributed by atoms with Crippen molar-refractivity contribution in [2.75, 3.05) is 5.32 Å². The number of carbonyl (C=O) groups is 1. The molecule has 0 atom stereocenters. The van der Waals surface area contributed by atoms with E-state index in [9.17, 15) is 4.79 Å². The van der Waals surface area contributed by atoms with Gasteiger partial charge < -0.3 is 5.32 Å². The first-order valence-corrected chi connectivity index (χ1v) is 7.90. The summed E-state index contributed by atoms with van der Waals surface area (Å²) in [6, 6.07) is 7.72. The third-order valence-electron chi connectivity index (χ3n) is 3.64. The summed E-state index contributed by atoms with van der Waals surface area (Å²) in [6.07, 6.45) is 5.05.